The largest absolute Gasteiger partial charge is 0.480 e. The molecule has 0 aromatic rings. The van der Waals surface area contributed by atoms with Gasteiger partial charge in [0.1, 0.15) is 6.54 Å². The quantitative estimate of drug-likeness (QED) is 0.631. The standard InChI is InChI=1S/C10H19NO6S/c1-4-6-11(7-9(12)17-5-2)18(15,16)8(3)10(13)14/h8H,4-7H2,1-3H3,(H,13,14). The molecule has 0 aromatic heterocycles. The summed E-state index contributed by atoms with van der Waals surface area (Å²) in [7, 11) is -4.04. The fourth-order valence-corrected chi connectivity index (χ4v) is 2.67. The second kappa shape index (κ2) is 7.32. The monoisotopic (exact) mass is 281 g/mol. The number of aliphatic carboxylic acids is 1. The molecule has 1 unspecified atom stereocenters. The summed E-state index contributed by atoms with van der Waals surface area (Å²) in [5.74, 6) is -2.13. The zero-order valence-corrected chi connectivity index (χ0v) is 11.6. The highest BCUT2D eigenvalue weighted by Crippen LogP contribution is 2.10. The molecule has 1 atom stereocenters. The molecule has 8 heteroatoms. The molecule has 0 saturated heterocycles. The van der Waals surface area contributed by atoms with E-state index in [1.165, 1.54) is 0 Å². The predicted molar refractivity (Wildman–Crippen MR) is 64.5 cm³/mol. The fraction of sp³-hybridized carbons (Fsp3) is 0.800. The maximum atomic E-state index is 11.9. The highest BCUT2D eigenvalue weighted by Gasteiger charge is 2.34. The first-order valence-corrected chi connectivity index (χ1v) is 7.15. The van der Waals surface area contributed by atoms with Gasteiger partial charge in [0.25, 0.3) is 0 Å². The summed E-state index contributed by atoms with van der Waals surface area (Å²) < 4.78 is 29.4. The highest BCUT2D eigenvalue weighted by molar-refractivity contribution is 7.90. The van der Waals surface area contributed by atoms with E-state index in [9.17, 15) is 18.0 Å². The van der Waals surface area contributed by atoms with Crippen LogP contribution in [0.4, 0.5) is 0 Å². The molecule has 0 bridgehead atoms. The van der Waals surface area contributed by atoms with E-state index >= 15 is 0 Å². The fourth-order valence-electron chi connectivity index (χ4n) is 1.25. The predicted octanol–water partition coefficient (Wildman–Crippen LogP) is 0.0644. The first-order chi connectivity index (χ1) is 8.27. The highest BCUT2D eigenvalue weighted by atomic mass is 32.2. The number of nitrogens with zero attached hydrogens (tertiary/aromatic N) is 1. The smallest absolute Gasteiger partial charge is 0.323 e. The van der Waals surface area contributed by atoms with Crippen LogP contribution < -0.4 is 0 Å². The Kier molecular flexibility index (Phi) is 6.85. The Balaban J connectivity index is 4.98. The molecule has 7 nitrogen and oxygen atoms in total. The van der Waals surface area contributed by atoms with Gasteiger partial charge < -0.3 is 9.84 Å². The van der Waals surface area contributed by atoms with Gasteiger partial charge in [0, 0.05) is 6.54 Å². The van der Waals surface area contributed by atoms with Crippen molar-refractivity contribution in [2.75, 3.05) is 19.7 Å². The van der Waals surface area contributed by atoms with Crippen molar-refractivity contribution in [3.8, 4) is 0 Å². The molecule has 0 aliphatic rings. The Morgan fingerprint density at radius 2 is 1.89 bits per heavy atom. The number of carboxylic acids is 1. The summed E-state index contributed by atoms with van der Waals surface area (Å²) >= 11 is 0. The van der Waals surface area contributed by atoms with Crippen LogP contribution >= 0.6 is 0 Å². The number of ether oxygens (including phenoxy) is 1. The van der Waals surface area contributed by atoms with Crippen molar-refractivity contribution in [3.05, 3.63) is 0 Å². The van der Waals surface area contributed by atoms with Gasteiger partial charge in [0.05, 0.1) is 6.61 Å². The van der Waals surface area contributed by atoms with E-state index in [-0.39, 0.29) is 13.2 Å². The molecular weight excluding hydrogens is 262 g/mol. The summed E-state index contributed by atoms with van der Waals surface area (Å²) in [6, 6.07) is 0. The Bertz CT molecular complexity index is 391. The number of esters is 1. The average molecular weight is 281 g/mol. The van der Waals surface area contributed by atoms with E-state index in [4.69, 9.17) is 5.11 Å². The van der Waals surface area contributed by atoms with E-state index in [1.54, 1.807) is 13.8 Å². The van der Waals surface area contributed by atoms with E-state index in [2.05, 4.69) is 4.74 Å². The normalized spacial score (nSPS) is 13.3. The maximum absolute atomic E-state index is 11.9. The molecule has 0 aliphatic carbocycles. The van der Waals surface area contributed by atoms with Gasteiger partial charge in [-0.05, 0) is 20.3 Å². The zero-order chi connectivity index (χ0) is 14.3. The van der Waals surface area contributed by atoms with E-state index < -0.39 is 33.8 Å². The second-order valence-electron chi connectivity index (χ2n) is 3.66. The number of carbonyl (C=O) groups is 2. The Hall–Kier alpha value is -1.15. The van der Waals surface area contributed by atoms with E-state index in [1.807, 2.05) is 0 Å². The molecule has 0 aliphatic heterocycles. The molecule has 0 spiro atoms. The average Bonchev–Trinajstić information content (AvgIpc) is 2.27. The van der Waals surface area contributed by atoms with Crippen LogP contribution in [0.3, 0.4) is 0 Å². The molecule has 1 N–H and O–H groups in total. The molecular formula is C10H19NO6S. The van der Waals surface area contributed by atoms with Gasteiger partial charge in [-0.1, -0.05) is 6.92 Å². The molecule has 0 heterocycles. The van der Waals surface area contributed by atoms with Crippen molar-refractivity contribution >= 4 is 22.0 Å². The van der Waals surface area contributed by atoms with Crippen molar-refractivity contribution < 1.29 is 27.9 Å². The van der Waals surface area contributed by atoms with Gasteiger partial charge in [-0.3, -0.25) is 9.59 Å². The lowest BCUT2D eigenvalue weighted by Gasteiger charge is -2.22. The minimum Gasteiger partial charge on any atom is -0.480 e. The third-order valence-electron chi connectivity index (χ3n) is 2.24. The molecule has 0 saturated carbocycles. The summed E-state index contributed by atoms with van der Waals surface area (Å²) in [6.45, 7) is 4.19. The molecule has 0 aromatic carbocycles. The van der Waals surface area contributed by atoms with Crippen LogP contribution in [-0.4, -0.2) is 54.7 Å². The van der Waals surface area contributed by atoms with Gasteiger partial charge in [-0.25, -0.2) is 8.42 Å². The van der Waals surface area contributed by atoms with Crippen molar-refractivity contribution in [2.45, 2.75) is 32.4 Å². The number of carbonyl (C=O) groups excluding carboxylic acids is 1. The SMILES string of the molecule is CCCN(CC(=O)OCC)S(=O)(=O)C(C)C(=O)O. The van der Waals surface area contributed by atoms with E-state index in [0.717, 1.165) is 11.2 Å². The number of hydrogen-bond acceptors (Lipinski definition) is 5. The summed E-state index contributed by atoms with van der Waals surface area (Å²) in [6.07, 6.45) is 0.477. The molecule has 18 heavy (non-hydrogen) atoms. The molecule has 0 rings (SSSR count). The summed E-state index contributed by atoms with van der Waals surface area (Å²) in [5, 5.41) is 7.17. The van der Waals surface area contributed by atoms with Crippen LogP contribution in [0.2, 0.25) is 0 Å². The first-order valence-electron chi connectivity index (χ1n) is 5.64. The van der Waals surface area contributed by atoms with Crippen LogP contribution in [0.5, 0.6) is 0 Å². The lowest BCUT2D eigenvalue weighted by Crippen LogP contribution is -2.44. The number of rotatable bonds is 8. The zero-order valence-electron chi connectivity index (χ0n) is 10.7. The number of carboxylic acid groups (broad SMARTS) is 1. The Labute approximate surface area is 107 Å². The van der Waals surface area contributed by atoms with E-state index in [0.29, 0.717) is 6.42 Å². The number of sulfonamides is 1. The van der Waals surface area contributed by atoms with Gasteiger partial charge in [-0.15, -0.1) is 0 Å². The van der Waals surface area contributed by atoms with Gasteiger partial charge >= 0.3 is 11.9 Å². The summed E-state index contributed by atoms with van der Waals surface area (Å²) in [5.41, 5.74) is 0. The first kappa shape index (κ1) is 16.9. The lowest BCUT2D eigenvalue weighted by atomic mass is 10.5. The topological polar surface area (TPSA) is 101 Å². The maximum Gasteiger partial charge on any atom is 0.323 e. The lowest BCUT2D eigenvalue weighted by molar-refractivity contribution is -0.143. The molecule has 0 radical (unpaired) electrons. The minimum absolute atomic E-state index is 0.0821. The molecule has 0 fully saturated rings. The van der Waals surface area contributed by atoms with Crippen molar-refractivity contribution in [2.24, 2.45) is 0 Å². The van der Waals surface area contributed by atoms with Gasteiger partial charge in [-0.2, -0.15) is 4.31 Å². The molecule has 106 valence electrons. The third kappa shape index (κ3) is 4.61. The van der Waals surface area contributed by atoms with Crippen LogP contribution in [0.25, 0.3) is 0 Å². The number of hydrogen-bond donors (Lipinski definition) is 1. The van der Waals surface area contributed by atoms with Crippen LogP contribution in [0, 0.1) is 0 Å². The van der Waals surface area contributed by atoms with Crippen molar-refractivity contribution in [1.29, 1.82) is 0 Å². The van der Waals surface area contributed by atoms with Gasteiger partial charge in [0.2, 0.25) is 10.0 Å². The van der Waals surface area contributed by atoms with Crippen LogP contribution in [0.1, 0.15) is 27.2 Å². The second-order valence-corrected chi connectivity index (χ2v) is 5.92. The van der Waals surface area contributed by atoms with Crippen molar-refractivity contribution in [1.82, 2.24) is 4.31 Å². The van der Waals surface area contributed by atoms with Crippen LogP contribution in [-0.2, 0) is 24.3 Å². The minimum atomic E-state index is -4.04. The van der Waals surface area contributed by atoms with Crippen LogP contribution in [0.15, 0.2) is 0 Å². The third-order valence-corrected chi connectivity index (χ3v) is 4.36. The summed E-state index contributed by atoms with van der Waals surface area (Å²) in [4.78, 5) is 22.0. The Morgan fingerprint density at radius 1 is 1.33 bits per heavy atom. The Morgan fingerprint density at radius 3 is 2.28 bits per heavy atom. The molecule has 0 amide bonds. The van der Waals surface area contributed by atoms with Gasteiger partial charge in [0.15, 0.2) is 5.25 Å². The van der Waals surface area contributed by atoms with Crippen molar-refractivity contribution in [3.63, 3.8) is 0 Å².